The lowest BCUT2D eigenvalue weighted by Gasteiger charge is -2.06. The second kappa shape index (κ2) is 5.61. The van der Waals surface area contributed by atoms with Crippen LogP contribution in [0, 0.1) is 6.92 Å². The van der Waals surface area contributed by atoms with Crippen LogP contribution in [0.2, 0.25) is 10.0 Å². The molecule has 1 N–H and O–H groups in total. The maximum absolute atomic E-state index is 6.10. The molecule has 4 nitrogen and oxygen atoms in total. The molecule has 0 spiro atoms. The van der Waals surface area contributed by atoms with E-state index in [9.17, 15) is 0 Å². The van der Waals surface area contributed by atoms with Crippen LogP contribution in [0.3, 0.4) is 0 Å². The number of halogens is 2. The maximum atomic E-state index is 6.10. The van der Waals surface area contributed by atoms with Crippen LogP contribution in [0.25, 0.3) is 11.5 Å². The van der Waals surface area contributed by atoms with Crippen LogP contribution in [0.4, 0.5) is 0 Å². The molecular weight excluding hydrogens is 271 g/mol. The van der Waals surface area contributed by atoms with Crippen molar-refractivity contribution in [1.82, 2.24) is 20.3 Å². The van der Waals surface area contributed by atoms with Crippen molar-refractivity contribution in [2.45, 2.75) is 13.5 Å². The van der Waals surface area contributed by atoms with E-state index in [2.05, 4.69) is 20.3 Å². The van der Waals surface area contributed by atoms with Gasteiger partial charge >= 0.3 is 0 Å². The Kier molecular flexibility index (Phi) is 4.11. The zero-order valence-electron chi connectivity index (χ0n) is 10.0. The zero-order chi connectivity index (χ0) is 13.1. The molecule has 0 aromatic carbocycles. The first-order valence-corrected chi connectivity index (χ1v) is 6.16. The highest BCUT2D eigenvalue weighted by Gasteiger charge is 2.10. The van der Waals surface area contributed by atoms with Gasteiger partial charge in [-0.05, 0) is 26.1 Å². The first kappa shape index (κ1) is 13.2. The highest BCUT2D eigenvalue weighted by atomic mass is 35.5. The van der Waals surface area contributed by atoms with Gasteiger partial charge in [-0.15, -0.1) is 0 Å². The Morgan fingerprint density at radius 2 is 2.00 bits per heavy atom. The summed E-state index contributed by atoms with van der Waals surface area (Å²) in [5.41, 5.74) is 2.31. The number of rotatable bonds is 3. The van der Waals surface area contributed by atoms with Crippen molar-refractivity contribution in [3.8, 4) is 11.5 Å². The number of hydrogen-bond donors (Lipinski definition) is 1. The van der Waals surface area contributed by atoms with Crippen molar-refractivity contribution in [3.05, 3.63) is 39.8 Å². The van der Waals surface area contributed by atoms with E-state index in [1.165, 1.54) is 6.20 Å². The average molecular weight is 283 g/mol. The summed E-state index contributed by atoms with van der Waals surface area (Å²) < 4.78 is 0. The van der Waals surface area contributed by atoms with Crippen molar-refractivity contribution in [2.24, 2.45) is 0 Å². The molecule has 0 radical (unpaired) electrons. The molecule has 6 heteroatoms. The molecule has 94 valence electrons. The Hall–Kier alpha value is -1.23. The van der Waals surface area contributed by atoms with Crippen LogP contribution >= 0.6 is 23.2 Å². The monoisotopic (exact) mass is 282 g/mol. The lowest BCUT2D eigenvalue weighted by molar-refractivity contribution is 0.784. The molecule has 18 heavy (non-hydrogen) atoms. The topological polar surface area (TPSA) is 50.7 Å². The normalized spacial score (nSPS) is 10.7. The van der Waals surface area contributed by atoms with E-state index in [4.69, 9.17) is 23.2 Å². The highest BCUT2D eigenvalue weighted by molar-refractivity contribution is 6.35. The third kappa shape index (κ3) is 2.96. The van der Waals surface area contributed by atoms with Gasteiger partial charge in [0.2, 0.25) is 0 Å². The van der Waals surface area contributed by atoms with Gasteiger partial charge in [0, 0.05) is 18.4 Å². The molecule has 0 aliphatic rings. The molecule has 2 heterocycles. The lowest BCUT2D eigenvalue weighted by atomic mass is 10.3. The fourth-order valence-electron chi connectivity index (χ4n) is 1.59. The third-order valence-corrected chi connectivity index (χ3v) is 2.78. The number of aryl methyl sites for hydroxylation is 1. The fourth-order valence-corrected chi connectivity index (χ4v) is 2.06. The molecule has 2 aromatic heterocycles. The quantitative estimate of drug-likeness (QED) is 0.941. The smallest absolute Gasteiger partial charge is 0.180 e. The molecule has 0 bridgehead atoms. The summed E-state index contributed by atoms with van der Waals surface area (Å²) in [6, 6.07) is 3.55. The standard InChI is InChI=1S/C12H12Cl2N4/c1-7-3-9(6-15-2)18-12(17-7)11-10(14)4-8(13)5-16-11/h3-5,15H,6H2,1-2H3. The molecule has 2 aromatic rings. The number of aromatic nitrogens is 3. The lowest BCUT2D eigenvalue weighted by Crippen LogP contribution is -2.09. The molecule has 0 aliphatic carbocycles. The predicted molar refractivity (Wildman–Crippen MR) is 72.8 cm³/mol. The number of pyridine rings is 1. The summed E-state index contributed by atoms with van der Waals surface area (Å²) in [5.74, 6) is 0.516. The number of hydrogen-bond acceptors (Lipinski definition) is 4. The second-order valence-electron chi connectivity index (χ2n) is 3.84. The summed E-state index contributed by atoms with van der Waals surface area (Å²) >= 11 is 11.9. The van der Waals surface area contributed by atoms with Crippen molar-refractivity contribution in [1.29, 1.82) is 0 Å². The highest BCUT2D eigenvalue weighted by Crippen LogP contribution is 2.25. The van der Waals surface area contributed by atoms with Gasteiger partial charge in [0.05, 0.1) is 15.7 Å². The largest absolute Gasteiger partial charge is 0.314 e. The molecule has 0 aliphatic heterocycles. The van der Waals surface area contributed by atoms with Gasteiger partial charge in [-0.25, -0.2) is 15.0 Å². The van der Waals surface area contributed by atoms with Crippen LogP contribution in [-0.2, 0) is 6.54 Å². The molecule has 0 fully saturated rings. The Bertz CT molecular complexity index is 572. The van der Waals surface area contributed by atoms with Crippen LogP contribution in [0.15, 0.2) is 18.3 Å². The van der Waals surface area contributed by atoms with Crippen molar-refractivity contribution >= 4 is 23.2 Å². The predicted octanol–water partition coefficient (Wildman–Crippen LogP) is 2.87. The van der Waals surface area contributed by atoms with Crippen LogP contribution in [-0.4, -0.2) is 22.0 Å². The van der Waals surface area contributed by atoms with Crippen LogP contribution in [0.5, 0.6) is 0 Å². The minimum atomic E-state index is 0.448. The van der Waals surface area contributed by atoms with Gasteiger partial charge in [0.25, 0.3) is 0 Å². The van der Waals surface area contributed by atoms with Crippen molar-refractivity contribution < 1.29 is 0 Å². The van der Waals surface area contributed by atoms with Gasteiger partial charge < -0.3 is 5.32 Å². The minimum absolute atomic E-state index is 0.448. The molecule has 0 atom stereocenters. The Morgan fingerprint density at radius 3 is 2.67 bits per heavy atom. The maximum Gasteiger partial charge on any atom is 0.180 e. The van der Waals surface area contributed by atoms with E-state index in [-0.39, 0.29) is 0 Å². The van der Waals surface area contributed by atoms with Gasteiger partial charge in [-0.3, -0.25) is 0 Å². The summed E-state index contributed by atoms with van der Waals surface area (Å²) in [4.78, 5) is 12.9. The summed E-state index contributed by atoms with van der Waals surface area (Å²) in [5, 5.41) is 3.99. The van der Waals surface area contributed by atoms with Gasteiger partial charge in [-0.2, -0.15) is 0 Å². The van der Waals surface area contributed by atoms with E-state index in [1.54, 1.807) is 6.07 Å². The van der Waals surface area contributed by atoms with E-state index >= 15 is 0 Å². The second-order valence-corrected chi connectivity index (χ2v) is 4.68. The first-order chi connectivity index (χ1) is 8.60. The Balaban J connectivity index is 2.49. The SMILES string of the molecule is CNCc1cc(C)nc(-c2ncc(Cl)cc2Cl)n1. The molecule has 2 rings (SSSR count). The summed E-state index contributed by atoms with van der Waals surface area (Å²) in [6.07, 6.45) is 1.53. The molecule has 0 amide bonds. The van der Waals surface area contributed by atoms with Crippen molar-refractivity contribution in [3.63, 3.8) is 0 Å². The van der Waals surface area contributed by atoms with Gasteiger partial charge in [0.1, 0.15) is 5.69 Å². The van der Waals surface area contributed by atoms with E-state index < -0.39 is 0 Å². The van der Waals surface area contributed by atoms with Gasteiger partial charge in [0.15, 0.2) is 5.82 Å². The van der Waals surface area contributed by atoms with E-state index in [1.807, 2.05) is 20.0 Å². The Morgan fingerprint density at radius 1 is 1.22 bits per heavy atom. The molecular formula is C12H12Cl2N4. The molecule has 0 unspecified atom stereocenters. The zero-order valence-corrected chi connectivity index (χ0v) is 11.5. The molecule has 0 saturated carbocycles. The summed E-state index contributed by atoms with van der Waals surface area (Å²) in [6.45, 7) is 2.58. The van der Waals surface area contributed by atoms with E-state index in [0.717, 1.165) is 11.4 Å². The number of nitrogens with zero attached hydrogens (tertiary/aromatic N) is 3. The molecule has 0 saturated heterocycles. The Labute approximate surface area is 115 Å². The van der Waals surface area contributed by atoms with Crippen LogP contribution in [0.1, 0.15) is 11.4 Å². The number of nitrogens with one attached hydrogen (secondary N) is 1. The van der Waals surface area contributed by atoms with Crippen LogP contribution < -0.4 is 5.32 Å². The fraction of sp³-hybridized carbons (Fsp3) is 0.250. The van der Waals surface area contributed by atoms with Gasteiger partial charge in [-0.1, -0.05) is 23.2 Å². The average Bonchev–Trinajstić information content (AvgIpc) is 2.28. The van der Waals surface area contributed by atoms with Crippen molar-refractivity contribution in [2.75, 3.05) is 7.05 Å². The van der Waals surface area contributed by atoms with E-state index in [0.29, 0.717) is 28.1 Å². The first-order valence-electron chi connectivity index (χ1n) is 5.40. The summed E-state index contributed by atoms with van der Waals surface area (Å²) in [7, 11) is 1.87. The minimum Gasteiger partial charge on any atom is -0.314 e. The third-order valence-electron chi connectivity index (χ3n) is 2.28.